The second-order valence-corrected chi connectivity index (χ2v) is 12.2. The highest BCUT2D eigenvalue weighted by Gasteiger charge is 2.50. The molecule has 6 nitrogen and oxygen atoms in total. The Kier molecular flexibility index (Phi) is 8.08. The Labute approximate surface area is 222 Å². The van der Waals surface area contributed by atoms with Crippen LogP contribution >= 0.6 is 0 Å². The summed E-state index contributed by atoms with van der Waals surface area (Å²) in [5.74, 6) is -0.739. The molecular formula is C31H44N4O2. The number of carbonyl (C=O) groups is 2. The van der Waals surface area contributed by atoms with Crippen molar-refractivity contribution in [1.82, 2.24) is 15.2 Å². The molecule has 2 aromatic rings. The quantitative estimate of drug-likeness (QED) is 0.531. The van der Waals surface area contributed by atoms with Crippen molar-refractivity contribution in [2.75, 3.05) is 13.6 Å². The normalized spacial score (nSPS) is 21.4. The van der Waals surface area contributed by atoms with Crippen molar-refractivity contribution in [3.05, 3.63) is 53.9 Å². The third-order valence-corrected chi connectivity index (χ3v) is 8.80. The van der Waals surface area contributed by atoms with Crippen molar-refractivity contribution in [3.8, 4) is 11.1 Å². The number of primary amides is 1. The third-order valence-electron chi connectivity index (χ3n) is 8.80. The van der Waals surface area contributed by atoms with Crippen molar-refractivity contribution < 1.29 is 9.59 Å². The van der Waals surface area contributed by atoms with E-state index in [1.807, 2.05) is 17.3 Å². The Balaban J connectivity index is 1.64. The van der Waals surface area contributed by atoms with Gasteiger partial charge < -0.3 is 16.0 Å². The van der Waals surface area contributed by atoms with Crippen molar-refractivity contribution >= 4 is 11.8 Å². The second-order valence-electron chi connectivity index (χ2n) is 12.2. The Morgan fingerprint density at radius 1 is 0.973 bits per heavy atom. The van der Waals surface area contributed by atoms with E-state index in [1.165, 1.54) is 12.0 Å². The monoisotopic (exact) mass is 504 g/mol. The largest absolute Gasteiger partial charge is 0.368 e. The molecule has 1 saturated heterocycles. The van der Waals surface area contributed by atoms with Crippen LogP contribution in [0.15, 0.2) is 42.7 Å². The number of rotatable bonds is 7. The molecule has 200 valence electrons. The maximum atomic E-state index is 14.3. The molecule has 2 heterocycles. The van der Waals surface area contributed by atoms with Crippen LogP contribution in [0.5, 0.6) is 0 Å². The first-order chi connectivity index (χ1) is 17.6. The summed E-state index contributed by atoms with van der Waals surface area (Å²) in [7, 11) is 1.74. The molecule has 1 unspecified atom stereocenters. The summed E-state index contributed by atoms with van der Waals surface area (Å²) in [6, 6.07) is 10.8. The molecule has 2 aliphatic rings. The van der Waals surface area contributed by atoms with E-state index in [-0.39, 0.29) is 23.3 Å². The maximum absolute atomic E-state index is 14.3. The molecule has 0 spiro atoms. The Morgan fingerprint density at radius 2 is 1.65 bits per heavy atom. The summed E-state index contributed by atoms with van der Waals surface area (Å²) in [4.78, 5) is 33.5. The van der Waals surface area contributed by atoms with Gasteiger partial charge in [-0.3, -0.25) is 14.6 Å². The van der Waals surface area contributed by atoms with Crippen LogP contribution in [0.1, 0.15) is 89.8 Å². The highest BCUT2D eigenvalue weighted by Crippen LogP contribution is 2.41. The first kappa shape index (κ1) is 27.3. The van der Waals surface area contributed by atoms with E-state index in [1.54, 1.807) is 14.0 Å². The van der Waals surface area contributed by atoms with Crippen LogP contribution in [0.25, 0.3) is 11.1 Å². The molecule has 6 heteroatoms. The highest BCUT2D eigenvalue weighted by atomic mass is 16.2. The molecule has 3 N–H and O–H groups in total. The van der Waals surface area contributed by atoms with Crippen molar-refractivity contribution in [2.24, 2.45) is 17.6 Å². The SMILES string of the molecule is CNC(C)(C(N)=O)[C@@H](C(=O)N1CCC[C@H]1c1cncc(-c2ccc(C(C)(C)C)cc2)c1)C1CCCCC1. The summed E-state index contributed by atoms with van der Waals surface area (Å²) in [6.07, 6.45) is 10.9. The first-order valence-electron chi connectivity index (χ1n) is 13.9. The van der Waals surface area contributed by atoms with E-state index in [0.29, 0.717) is 6.54 Å². The van der Waals surface area contributed by atoms with Crippen molar-refractivity contribution in [3.63, 3.8) is 0 Å². The van der Waals surface area contributed by atoms with Crippen LogP contribution < -0.4 is 11.1 Å². The Morgan fingerprint density at radius 3 is 2.24 bits per heavy atom. The summed E-state index contributed by atoms with van der Waals surface area (Å²) in [6.45, 7) is 9.14. The smallest absolute Gasteiger partial charge is 0.238 e. The molecule has 4 rings (SSSR count). The van der Waals surface area contributed by atoms with Crippen LogP contribution in [-0.4, -0.2) is 40.8 Å². The number of carbonyl (C=O) groups excluding carboxylic acids is 2. The van der Waals surface area contributed by atoms with Gasteiger partial charge in [-0.1, -0.05) is 64.3 Å². The van der Waals surface area contributed by atoms with Gasteiger partial charge in [0.05, 0.1) is 12.0 Å². The lowest BCUT2D eigenvalue weighted by atomic mass is 9.69. The number of likely N-dealkylation sites (N-methyl/N-ethyl adjacent to an activating group) is 1. The van der Waals surface area contributed by atoms with Crippen molar-refractivity contribution in [1.29, 1.82) is 0 Å². The van der Waals surface area contributed by atoms with E-state index in [9.17, 15) is 9.59 Å². The lowest BCUT2D eigenvalue weighted by Crippen LogP contribution is -2.63. The number of nitrogens with one attached hydrogen (secondary N) is 1. The van der Waals surface area contributed by atoms with E-state index in [2.05, 4.69) is 61.4 Å². The minimum Gasteiger partial charge on any atom is -0.368 e. The van der Waals surface area contributed by atoms with Gasteiger partial charge in [0.15, 0.2) is 0 Å². The van der Waals surface area contributed by atoms with Gasteiger partial charge in [-0.2, -0.15) is 0 Å². The number of benzene rings is 1. The number of hydrogen-bond acceptors (Lipinski definition) is 4. The number of hydrogen-bond donors (Lipinski definition) is 2. The van der Waals surface area contributed by atoms with E-state index < -0.39 is 17.4 Å². The molecule has 1 aliphatic carbocycles. The van der Waals surface area contributed by atoms with Crippen molar-refractivity contribution in [2.45, 2.75) is 89.6 Å². The molecule has 1 aromatic heterocycles. The van der Waals surface area contributed by atoms with Crippen LogP contribution in [-0.2, 0) is 15.0 Å². The van der Waals surface area contributed by atoms with E-state index in [0.717, 1.165) is 55.2 Å². The van der Waals surface area contributed by atoms with Gasteiger partial charge in [0.2, 0.25) is 11.8 Å². The van der Waals surface area contributed by atoms with E-state index in [4.69, 9.17) is 5.73 Å². The van der Waals surface area contributed by atoms with Crippen LogP contribution in [0.4, 0.5) is 0 Å². The van der Waals surface area contributed by atoms with Gasteiger partial charge in [-0.25, -0.2) is 0 Å². The molecule has 1 saturated carbocycles. The zero-order valence-electron chi connectivity index (χ0n) is 23.2. The molecule has 3 atom stereocenters. The highest BCUT2D eigenvalue weighted by molar-refractivity contribution is 5.93. The molecule has 0 radical (unpaired) electrons. The predicted molar refractivity (Wildman–Crippen MR) is 149 cm³/mol. The Hall–Kier alpha value is -2.73. The predicted octanol–water partition coefficient (Wildman–Crippen LogP) is 5.37. The molecular weight excluding hydrogens is 460 g/mol. The number of amides is 2. The zero-order chi connectivity index (χ0) is 26.8. The summed E-state index contributed by atoms with van der Waals surface area (Å²) in [5, 5.41) is 3.15. The number of aromatic nitrogens is 1. The average Bonchev–Trinajstić information content (AvgIpc) is 3.39. The van der Waals surface area contributed by atoms with Gasteiger partial charge in [-0.05, 0) is 73.7 Å². The van der Waals surface area contributed by atoms with E-state index >= 15 is 0 Å². The minimum absolute atomic E-state index is 0.0463. The fourth-order valence-electron chi connectivity index (χ4n) is 6.34. The molecule has 0 bridgehead atoms. The second kappa shape index (κ2) is 10.9. The topological polar surface area (TPSA) is 88.3 Å². The number of likely N-dealkylation sites (tertiary alicyclic amines) is 1. The third kappa shape index (κ3) is 5.59. The van der Waals surface area contributed by atoms with Crippen LogP contribution in [0.2, 0.25) is 0 Å². The molecule has 37 heavy (non-hydrogen) atoms. The number of nitrogens with two attached hydrogens (primary N) is 1. The average molecular weight is 505 g/mol. The molecule has 1 aromatic carbocycles. The lowest BCUT2D eigenvalue weighted by Gasteiger charge is -2.43. The van der Waals surface area contributed by atoms with Crippen LogP contribution in [0.3, 0.4) is 0 Å². The number of nitrogens with zero attached hydrogens (tertiary/aromatic N) is 2. The molecule has 1 aliphatic heterocycles. The first-order valence-corrected chi connectivity index (χ1v) is 13.9. The fourth-order valence-corrected chi connectivity index (χ4v) is 6.34. The zero-order valence-corrected chi connectivity index (χ0v) is 23.2. The van der Waals surface area contributed by atoms with Gasteiger partial charge in [0.25, 0.3) is 0 Å². The van der Waals surface area contributed by atoms with Gasteiger partial charge >= 0.3 is 0 Å². The van der Waals surface area contributed by atoms with Gasteiger partial charge in [0.1, 0.15) is 5.54 Å². The maximum Gasteiger partial charge on any atom is 0.238 e. The summed E-state index contributed by atoms with van der Waals surface area (Å²) in [5.41, 5.74) is 9.45. The lowest BCUT2D eigenvalue weighted by molar-refractivity contribution is -0.147. The van der Waals surface area contributed by atoms with Gasteiger partial charge in [0, 0.05) is 24.5 Å². The fraction of sp³-hybridized carbons (Fsp3) is 0.581. The summed E-state index contributed by atoms with van der Waals surface area (Å²) >= 11 is 0. The minimum atomic E-state index is -1.08. The summed E-state index contributed by atoms with van der Waals surface area (Å²) < 4.78 is 0. The molecule has 2 fully saturated rings. The Bertz CT molecular complexity index is 1100. The van der Waals surface area contributed by atoms with Gasteiger partial charge in [-0.15, -0.1) is 0 Å². The number of pyridine rings is 1. The molecule has 2 amide bonds. The standard InChI is InChI=1S/C31H44N4O2/c1-30(2,3)25-15-13-21(14-16-25)23-18-24(20-34-19-23)26-12-9-17-35(26)28(36)27(22-10-7-6-8-11-22)31(4,33-5)29(32)37/h13-16,18-20,22,26-27,33H,6-12,17H2,1-5H3,(H2,32,37)/t26-,27+,31?/m0/s1. The van der Waals surface area contributed by atoms with Crippen LogP contribution in [0, 0.1) is 11.8 Å².